The fourth-order valence-corrected chi connectivity index (χ4v) is 2.68. The smallest absolute Gasteiger partial charge is 0.0730 e. The molecule has 3 heterocycles. The van der Waals surface area contributed by atoms with Gasteiger partial charge in [0.05, 0.1) is 23.7 Å². The summed E-state index contributed by atoms with van der Waals surface area (Å²) in [6.07, 6.45) is 6.28. The summed E-state index contributed by atoms with van der Waals surface area (Å²) in [5.41, 5.74) is 3.04. The second-order valence-corrected chi connectivity index (χ2v) is 5.23. The summed E-state index contributed by atoms with van der Waals surface area (Å²) in [5, 5.41) is 13.9. The Balaban J connectivity index is 1.81. The molecule has 1 N–H and O–H groups in total. The largest absolute Gasteiger partial charge is 0.395 e. The Morgan fingerprint density at radius 2 is 2.30 bits per heavy atom. The lowest BCUT2D eigenvalue weighted by Crippen LogP contribution is -2.36. The van der Waals surface area contributed by atoms with Crippen molar-refractivity contribution in [3.8, 4) is 0 Å². The first-order chi connectivity index (χ1) is 9.76. The van der Waals surface area contributed by atoms with Crippen LogP contribution in [0.2, 0.25) is 0 Å². The molecule has 0 aliphatic carbocycles. The van der Waals surface area contributed by atoms with Crippen LogP contribution < -0.4 is 0 Å². The molecule has 2 aromatic rings. The van der Waals surface area contributed by atoms with Crippen molar-refractivity contribution in [2.45, 2.75) is 39.0 Å². The standard InChI is InChI=1S/C14H19N5O/c1-11-6-15-7-12(17-11)8-18-9-13-2-4-16-19(13)5-3-14(18)10-20/h2,4,6-7,14,20H,3,5,8-10H2,1H3/t14-/m0/s1. The van der Waals surface area contributed by atoms with Crippen molar-refractivity contribution in [1.29, 1.82) is 0 Å². The molecule has 2 aromatic heterocycles. The van der Waals surface area contributed by atoms with Gasteiger partial charge in [-0.1, -0.05) is 0 Å². The fraction of sp³-hybridized carbons (Fsp3) is 0.500. The quantitative estimate of drug-likeness (QED) is 0.894. The van der Waals surface area contributed by atoms with Crippen LogP contribution in [-0.2, 0) is 19.6 Å². The van der Waals surface area contributed by atoms with E-state index in [2.05, 4.69) is 20.0 Å². The van der Waals surface area contributed by atoms with Crippen LogP contribution in [0.25, 0.3) is 0 Å². The fourth-order valence-electron chi connectivity index (χ4n) is 2.68. The predicted octanol–water partition coefficient (Wildman–Crippen LogP) is 0.748. The van der Waals surface area contributed by atoms with Crippen molar-refractivity contribution in [3.63, 3.8) is 0 Å². The Hall–Kier alpha value is -1.79. The predicted molar refractivity (Wildman–Crippen MR) is 73.7 cm³/mol. The monoisotopic (exact) mass is 273 g/mol. The molecule has 0 bridgehead atoms. The third-order valence-corrected chi connectivity index (χ3v) is 3.74. The van der Waals surface area contributed by atoms with Crippen LogP contribution in [0.5, 0.6) is 0 Å². The first-order valence-electron chi connectivity index (χ1n) is 6.89. The molecule has 1 aliphatic rings. The maximum Gasteiger partial charge on any atom is 0.0730 e. The Labute approximate surface area is 118 Å². The van der Waals surface area contributed by atoms with Crippen molar-refractivity contribution in [3.05, 3.63) is 41.7 Å². The Kier molecular flexibility index (Phi) is 3.75. The van der Waals surface area contributed by atoms with Gasteiger partial charge in [0.25, 0.3) is 0 Å². The molecule has 0 amide bonds. The van der Waals surface area contributed by atoms with Crippen molar-refractivity contribution >= 4 is 0 Å². The van der Waals surface area contributed by atoms with E-state index in [0.717, 1.165) is 30.9 Å². The number of aliphatic hydroxyl groups excluding tert-OH is 1. The minimum Gasteiger partial charge on any atom is -0.395 e. The lowest BCUT2D eigenvalue weighted by molar-refractivity contribution is 0.106. The lowest BCUT2D eigenvalue weighted by Gasteiger charge is -2.27. The average Bonchev–Trinajstić information content (AvgIpc) is 2.80. The summed E-state index contributed by atoms with van der Waals surface area (Å²) in [5.74, 6) is 0. The number of fused-ring (bicyclic) bond motifs is 1. The van der Waals surface area contributed by atoms with Gasteiger partial charge in [0.1, 0.15) is 0 Å². The molecule has 20 heavy (non-hydrogen) atoms. The second kappa shape index (κ2) is 5.68. The van der Waals surface area contributed by atoms with Gasteiger partial charge in [0.15, 0.2) is 0 Å². The van der Waals surface area contributed by atoms with E-state index < -0.39 is 0 Å². The van der Waals surface area contributed by atoms with Crippen LogP contribution in [-0.4, -0.2) is 42.4 Å². The van der Waals surface area contributed by atoms with Gasteiger partial charge in [-0.3, -0.25) is 19.5 Å². The third kappa shape index (κ3) is 2.71. The van der Waals surface area contributed by atoms with Crippen LogP contribution in [0.3, 0.4) is 0 Å². The molecule has 1 aliphatic heterocycles. The molecule has 3 rings (SSSR count). The minimum atomic E-state index is 0.138. The van der Waals surface area contributed by atoms with Crippen molar-refractivity contribution < 1.29 is 5.11 Å². The summed E-state index contributed by atoms with van der Waals surface area (Å²) in [7, 11) is 0. The van der Waals surface area contributed by atoms with Gasteiger partial charge in [0.2, 0.25) is 0 Å². The number of aryl methyl sites for hydroxylation is 2. The topological polar surface area (TPSA) is 67.1 Å². The number of rotatable bonds is 3. The zero-order valence-electron chi connectivity index (χ0n) is 11.6. The SMILES string of the molecule is Cc1cncc(CN2Cc3ccnn3CC[C@H]2CO)n1. The molecule has 6 nitrogen and oxygen atoms in total. The molecule has 0 saturated heterocycles. The van der Waals surface area contributed by atoms with Crippen molar-refractivity contribution in [2.75, 3.05) is 6.61 Å². The number of aliphatic hydroxyl groups is 1. The number of nitrogens with zero attached hydrogens (tertiary/aromatic N) is 5. The minimum absolute atomic E-state index is 0.138. The maximum atomic E-state index is 9.63. The molecular formula is C14H19N5O. The van der Waals surface area contributed by atoms with Gasteiger partial charge in [-0.15, -0.1) is 0 Å². The molecule has 0 aromatic carbocycles. The third-order valence-electron chi connectivity index (χ3n) is 3.74. The molecular weight excluding hydrogens is 254 g/mol. The maximum absolute atomic E-state index is 9.63. The van der Waals surface area contributed by atoms with Gasteiger partial charge in [0, 0.05) is 44.3 Å². The van der Waals surface area contributed by atoms with Gasteiger partial charge in [-0.2, -0.15) is 5.10 Å². The normalized spacial score (nSPS) is 19.6. The zero-order valence-corrected chi connectivity index (χ0v) is 11.6. The summed E-state index contributed by atoms with van der Waals surface area (Å²) < 4.78 is 2.02. The van der Waals surface area contributed by atoms with E-state index in [1.54, 1.807) is 12.4 Å². The zero-order chi connectivity index (χ0) is 13.9. The van der Waals surface area contributed by atoms with Crippen molar-refractivity contribution in [1.82, 2.24) is 24.6 Å². The van der Waals surface area contributed by atoms with Crippen LogP contribution in [0, 0.1) is 6.92 Å². The highest BCUT2D eigenvalue weighted by atomic mass is 16.3. The molecule has 0 unspecified atom stereocenters. The Bertz CT molecular complexity index is 582. The van der Waals surface area contributed by atoms with E-state index in [0.29, 0.717) is 6.54 Å². The van der Waals surface area contributed by atoms with Crippen LogP contribution in [0.1, 0.15) is 23.5 Å². The molecule has 1 atom stereocenters. The summed E-state index contributed by atoms with van der Waals surface area (Å²) >= 11 is 0. The molecule has 0 saturated carbocycles. The highest BCUT2D eigenvalue weighted by molar-refractivity contribution is 5.06. The average molecular weight is 273 g/mol. The van der Waals surface area contributed by atoms with E-state index in [1.165, 1.54) is 5.69 Å². The molecule has 0 spiro atoms. The van der Waals surface area contributed by atoms with E-state index >= 15 is 0 Å². The van der Waals surface area contributed by atoms with Gasteiger partial charge < -0.3 is 5.11 Å². The summed E-state index contributed by atoms with van der Waals surface area (Å²) in [4.78, 5) is 10.9. The van der Waals surface area contributed by atoms with E-state index in [-0.39, 0.29) is 12.6 Å². The highest BCUT2D eigenvalue weighted by Crippen LogP contribution is 2.18. The van der Waals surface area contributed by atoms with E-state index in [1.807, 2.05) is 23.9 Å². The highest BCUT2D eigenvalue weighted by Gasteiger charge is 2.24. The van der Waals surface area contributed by atoms with Crippen LogP contribution in [0.4, 0.5) is 0 Å². The van der Waals surface area contributed by atoms with Crippen LogP contribution in [0.15, 0.2) is 24.7 Å². The van der Waals surface area contributed by atoms with Gasteiger partial charge in [-0.05, 0) is 19.4 Å². The van der Waals surface area contributed by atoms with E-state index in [4.69, 9.17) is 0 Å². The molecule has 0 fully saturated rings. The lowest BCUT2D eigenvalue weighted by atomic mass is 10.2. The number of aromatic nitrogens is 4. The number of hydrogen-bond acceptors (Lipinski definition) is 5. The number of hydrogen-bond donors (Lipinski definition) is 1. The first kappa shape index (κ1) is 13.2. The summed E-state index contributed by atoms with van der Waals surface area (Å²) in [6.45, 7) is 4.43. The molecule has 106 valence electrons. The Morgan fingerprint density at radius 3 is 3.10 bits per heavy atom. The van der Waals surface area contributed by atoms with Crippen LogP contribution >= 0.6 is 0 Å². The van der Waals surface area contributed by atoms with Crippen molar-refractivity contribution in [2.24, 2.45) is 0 Å². The van der Waals surface area contributed by atoms with Gasteiger partial charge in [-0.25, -0.2) is 0 Å². The summed E-state index contributed by atoms with van der Waals surface area (Å²) in [6, 6.07) is 2.17. The Morgan fingerprint density at radius 1 is 1.40 bits per heavy atom. The molecule has 0 radical (unpaired) electrons. The second-order valence-electron chi connectivity index (χ2n) is 5.23. The first-order valence-corrected chi connectivity index (χ1v) is 6.89. The van der Waals surface area contributed by atoms with E-state index in [9.17, 15) is 5.11 Å². The van der Waals surface area contributed by atoms with Gasteiger partial charge >= 0.3 is 0 Å². The molecule has 6 heteroatoms.